The van der Waals surface area contributed by atoms with Crippen molar-refractivity contribution in [2.75, 3.05) is 0 Å². The van der Waals surface area contributed by atoms with Gasteiger partial charge >= 0.3 is 0 Å². The summed E-state index contributed by atoms with van der Waals surface area (Å²) < 4.78 is 7.34. The first kappa shape index (κ1) is 51.5. The minimum Gasteiger partial charge on any atom is -0.309 e. The van der Waals surface area contributed by atoms with Gasteiger partial charge < -0.3 is 13.7 Å². The Morgan fingerprint density at radius 1 is 0.233 bits per heavy atom. The van der Waals surface area contributed by atoms with Crippen LogP contribution in [-0.2, 0) is 5.41 Å². The van der Waals surface area contributed by atoms with Gasteiger partial charge in [0.2, 0.25) is 0 Å². The molecule has 0 amide bonds. The third kappa shape index (κ3) is 8.08. The molecule has 0 radical (unpaired) electrons. The van der Waals surface area contributed by atoms with Crippen molar-refractivity contribution in [2.24, 2.45) is 0 Å². The van der Waals surface area contributed by atoms with Gasteiger partial charge in [-0.25, -0.2) is 15.0 Å². The molecule has 0 atom stereocenters. The van der Waals surface area contributed by atoms with Crippen LogP contribution in [0, 0.1) is 0 Å². The van der Waals surface area contributed by atoms with Gasteiger partial charge in [0.05, 0.1) is 33.1 Å². The molecular formula is C84H56N6. The minimum absolute atomic E-state index is 0.314. The number of nitrogens with zero attached hydrogens (tertiary/aromatic N) is 6. The lowest BCUT2D eigenvalue weighted by Crippen LogP contribution is -2.16. The van der Waals surface area contributed by atoms with E-state index in [-0.39, 0.29) is 5.41 Å². The minimum atomic E-state index is -0.314. The van der Waals surface area contributed by atoms with E-state index in [2.05, 4.69) is 294 Å². The molecule has 422 valence electrons. The summed E-state index contributed by atoms with van der Waals surface area (Å²) in [5.41, 5.74) is 25.2. The Balaban J connectivity index is 0.734. The zero-order chi connectivity index (χ0) is 59.6. The summed E-state index contributed by atoms with van der Waals surface area (Å²) in [6.45, 7) is 4.80. The Morgan fingerprint density at radius 3 is 1.19 bits per heavy atom. The molecule has 18 rings (SSSR count). The lowest BCUT2D eigenvalue weighted by Gasteiger charge is -2.23. The summed E-state index contributed by atoms with van der Waals surface area (Å²) in [5, 5.41) is 7.33. The Morgan fingerprint density at radius 2 is 0.622 bits per heavy atom. The monoisotopic (exact) mass is 1150 g/mol. The molecular weight excluding hydrogens is 1090 g/mol. The SMILES string of the molecule is CC1(C)c2cc(-n3c4ccc(-c5ccccc5)cc4c4cc(-c5ccc6c(c5)c5ccccc5n6-c5ccccc5)ccc43)ccc2-c2ccc(-n3c4ccccc4c4c(-c5cccc(-c6nc(-c7ccccc7)nc(-c7ccccc7)n6)c5)cccc43)cc21. The first-order valence-corrected chi connectivity index (χ1v) is 30.9. The molecule has 0 unspecified atom stereocenters. The van der Waals surface area contributed by atoms with Gasteiger partial charge in [-0.3, -0.25) is 0 Å². The van der Waals surface area contributed by atoms with Crippen LogP contribution in [-0.4, -0.2) is 28.7 Å². The smallest absolute Gasteiger partial charge is 0.164 e. The number of hydrogen-bond acceptors (Lipinski definition) is 3. The average molecular weight is 1150 g/mol. The van der Waals surface area contributed by atoms with Gasteiger partial charge in [0.1, 0.15) is 0 Å². The third-order valence-electron chi connectivity index (χ3n) is 18.9. The average Bonchev–Trinajstić information content (AvgIpc) is 1.60. The van der Waals surface area contributed by atoms with Crippen LogP contribution in [0.15, 0.2) is 303 Å². The molecule has 13 aromatic carbocycles. The highest BCUT2D eigenvalue weighted by Crippen LogP contribution is 2.51. The van der Waals surface area contributed by atoms with Gasteiger partial charge in [0.25, 0.3) is 0 Å². The maximum Gasteiger partial charge on any atom is 0.164 e. The van der Waals surface area contributed by atoms with E-state index < -0.39 is 0 Å². The summed E-state index contributed by atoms with van der Waals surface area (Å²) >= 11 is 0. The molecule has 1 aliphatic rings. The van der Waals surface area contributed by atoms with Crippen LogP contribution in [0.5, 0.6) is 0 Å². The van der Waals surface area contributed by atoms with Gasteiger partial charge in [0, 0.05) is 71.5 Å². The number of fused-ring (bicyclic) bond motifs is 12. The predicted molar refractivity (Wildman–Crippen MR) is 373 cm³/mol. The molecule has 4 aromatic heterocycles. The topological polar surface area (TPSA) is 53.5 Å². The number of aromatic nitrogens is 6. The molecule has 0 spiro atoms. The van der Waals surface area contributed by atoms with Crippen molar-refractivity contribution in [3.8, 4) is 95.7 Å². The van der Waals surface area contributed by atoms with E-state index in [1.54, 1.807) is 0 Å². The van der Waals surface area contributed by atoms with Crippen LogP contribution in [0.4, 0.5) is 0 Å². The van der Waals surface area contributed by atoms with Crippen LogP contribution in [0.2, 0.25) is 0 Å². The summed E-state index contributed by atoms with van der Waals surface area (Å²) in [6.07, 6.45) is 0. The molecule has 4 heterocycles. The Hall–Kier alpha value is -11.7. The first-order valence-electron chi connectivity index (χ1n) is 30.9. The van der Waals surface area contributed by atoms with Crippen LogP contribution in [0.25, 0.3) is 161 Å². The van der Waals surface area contributed by atoms with Crippen LogP contribution in [0.1, 0.15) is 25.0 Å². The van der Waals surface area contributed by atoms with Gasteiger partial charge in [-0.15, -0.1) is 0 Å². The van der Waals surface area contributed by atoms with Gasteiger partial charge in [0.15, 0.2) is 17.5 Å². The second-order valence-electron chi connectivity index (χ2n) is 24.3. The van der Waals surface area contributed by atoms with Crippen molar-refractivity contribution in [1.29, 1.82) is 0 Å². The highest BCUT2D eigenvalue weighted by atomic mass is 15.0. The van der Waals surface area contributed by atoms with Crippen LogP contribution in [0.3, 0.4) is 0 Å². The van der Waals surface area contributed by atoms with Gasteiger partial charge in [-0.2, -0.15) is 0 Å². The van der Waals surface area contributed by atoms with E-state index in [0.717, 1.165) is 55.9 Å². The lowest BCUT2D eigenvalue weighted by atomic mass is 9.82. The fraction of sp³-hybridized carbons (Fsp3) is 0.0357. The molecule has 90 heavy (non-hydrogen) atoms. The summed E-state index contributed by atoms with van der Waals surface area (Å²) in [4.78, 5) is 15.2. The second kappa shape index (κ2) is 20.2. The predicted octanol–water partition coefficient (Wildman–Crippen LogP) is 21.5. The molecule has 0 fully saturated rings. The van der Waals surface area contributed by atoms with Crippen LogP contribution < -0.4 is 0 Å². The normalized spacial score (nSPS) is 12.6. The molecule has 0 aliphatic heterocycles. The summed E-state index contributed by atoms with van der Waals surface area (Å²) in [6, 6.07) is 110. The molecule has 0 bridgehead atoms. The fourth-order valence-corrected chi connectivity index (χ4v) is 14.6. The number of rotatable bonds is 9. The number of para-hydroxylation sites is 3. The molecule has 6 nitrogen and oxygen atoms in total. The Bertz CT molecular complexity index is 5680. The van der Waals surface area contributed by atoms with Gasteiger partial charge in [-0.05, 0) is 153 Å². The zero-order valence-corrected chi connectivity index (χ0v) is 49.6. The first-order chi connectivity index (χ1) is 44.4. The Kier molecular flexibility index (Phi) is 11.5. The van der Waals surface area contributed by atoms with Crippen molar-refractivity contribution in [3.63, 3.8) is 0 Å². The van der Waals surface area contributed by atoms with E-state index in [1.165, 1.54) is 98.9 Å². The standard InChI is InChI=1S/C84H56N6/c1-84(2)72-51-62(89-77-44-37-56(53-21-7-3-8-22-53)48-70(77)71-50-58(39-46-78(71)89)57-38-45-76-69(49-57)67-31-15-17-34-74(67)88(76)61-29-13-6-14-30-61)40-42-65(72)66-43-41-63(52-73(66)84)90-75-35-18-16-32-68(75)80-64(33-20-36-79(80)90)59-27-19-28-60(47-59)83-86-81(54-23-9-4-10-24-54)85-82(87-83)55-25-11-5-12-26-55/h3-52H,1-2H3. The van der Waals surface area contributed by atoms with Gasteiger partial charge in [-0.1, -0.05) is 220 Å². The second-order valence-corrected chi connectivity index (χ2v) is 24.3. The maximum absolute atomic E-state index is 5.10. The van der Waals surface area contributed by atoms with Crippen molar-refractivity contribution < 1.29 is 0 Å². The van der Waals surface area contributed by atoms with E-state index in [0.29, 0.717) is 17.5 Å². The molecule has 6 heteroatoms. The fourth-order valence-electron chi connectivity index (χ4n) is 14.6. The van der Waals surface area contributed by atoms with Crippen molar-refractivity contribution in [2.45, 2.75) is 19.3 Å². The van der Waals surface area contributed by atoms with E-state index in [4.69, 9.17) is 15.0 Å². The maximum atomic E-state index is 5.10. The quantitative estimate of drug-likeness (QED) is 0.145. The number of hydrogen-bond donors (Lipinski definition) is 0. The van der Waals surface area contributed by atoms with Crippen molar-refractivity contribution >= 4 is 65.4 Å². The van der Waals surface area contributed by atoms with Crippen molar-refractivity contribution in [1.82, 2.24) is 28.7 Å². The molecule has 0 N–H and O–H groups in total. The van der Waals surface area contributed by atoms with Crippen LogP contribution >= 0.6 is 0 Å². The van der Waals surface area contributed by atoms with E-state index >= 15 is 0 Å². The Labute approximate surface area is 520 Å². The highest BCUT2D eigenvalue weighted by molar-refractivity contribution is 6.17. The summed E-state index contributed by atoms with van der Waals surface area (Å²) in [7, 11) is 0. The molecule has 0 saturated carbocycles. The summed E-state index contributed by atoms with van der Waals surface area (Å²) in [5.74, 6) is 1.91. The van der Waals surface area contributed by atoms with Crippen molar-refractivity contribution in [3.05, 3.63) is 314 Å². The largest absolute Gasteiger partial charge is 0.309 e. The third-order valence-corrected chi connectivity index (χ3v) is 18.9. The molecule has 1 aliphatic carbocycles. The lowest BCUT2D eigenvalue weighted by molar-refractivity contribution is 0.659. The highest BCUT2D eigenvalue weighted by Gasteiger charge is 2.37. The number of benzene rings is 13. The molecule has 17 aromatic rings. The van der Waals surface area contributed by atoms with E-state index in [9.17, 15) is 0 Å². The molecule has 0 saturated heterocycles. The van der Waals surface area contributed by atoms with E-state index in [1.807, 2.05) is 36.4 Å². The zero-order valence-electron chi connectivity index (χ0n) is 49.6.